The lowest BCUT2D eigenvalue weighted by Gasteiger charge is -2.23. The summed E-state index contributed by atoms with van der Waals surface area (Å²) in [5, 5.41) is 28.5. The van der Waals surface area contributed by atoms with Gasteiger partial charge in [-0.25, -0.2) is 0 Å². The lowest BCUT2D eigenvalue weighted by atomic mass is 10.1. The molecule has 0 saturated carbocycles. The summed E-state index contributed by atoms with van der Waals surface area (Å²) in [7, 11) is 0. The normalized spacial score (nSPS) is 24.5. The van der Waals surface area contributed by atoms with E-state index < -0.39 is 24.4 Å². The second-order valence-electron chi connectivity index (χ2n) is 7.06. The fraction of sp³-hybridized carbons (Fsp3) is 0.900. The number of allylic oxidation sites excluding steroid dienone is 1. The van der Waals surface area contributed by atoms with Crippen LogP contribution < -0.4 is 0 Å². The van der Waals surface area contributed by atoms with E-state index in [0.29, 0.717) is 6.61 Å². The standard InChI is InChI=1S/C20H38O5/c1-2-3-4-5-6-7-8-9-10-11-12-13-14-24-20-18(23)16-25-19(20)17(22)15-21/h2,17-23H,1,3-16H2/t17-,18+,19+,20+/m1/s1. The van der Waals surface area contributed by atoms with Gasteiger partial charge in [-0.2, -0.15) is 0 Å². The molecular weight excluding hydrogens is 320 g/mol. The molecule has 0 radical (unpaired) electrons. The van der Waals surface area contributed by atoms with Gasteiger partial charge in [0.15, 0.2) is 0 Å². The van der Waals surface area contributed by atoms with Crippen LogP contribution in [0, 0.1) is 0 Å². The summed E-state index contributed by atoms with van der Waals surface area (Å²) in [6, 6.07) is 0. The van der Waals surface area contributed by atoms with Crippen molar-refractivity contribution in [1.82, 2.24) is 0 Å². The summed E-state index contributed by atoms with van der Waals surface area (Å²) in [6.45, 7) is 4.07. The van der Waals surface area contributed by atoms with E-state index in [0.717, 1.165) is 19.3 Å². The first-order valence-corrected chi connectivity index (χ1v) is 10.0. The van der Waals surface area contributed by atoms with Gasteiger partial charge < -0.3 is 24.8 Å². The van der Waals surface area contributed by atoms with Gasteiger partial charge >= 0.3 is 0 Å². The molecule has 0 aromatic carbocycles. The molecule has 0 aromatic heterocycles. The van der Waals surface area contributed by atoms with Crippen molar-refractivity contribution in [2.24, 2.45) is 0 Å². The van der Waals surface area contributed by atoms with Crippen LogP contribution in [0.5, 0.6) is 0 Å². The number of hydrogen-bond acceptors (Lipinski definition) is 5. The Morgan fingerprint density at radius 1 is 1.00 bits per heavy atom. The highest BCUT2D eigenvalue weighted by Crippen LogP contribution is 2.21. The Labute approximate surface area is 153 Å². The number of hydrogen-bond donors (Lipinski definition) is 3. The first kappa shape index (κ1) is 22.6. The van der Waals surface area contributed by atoms with Crippen LogP contribution in [0.4, 0.5) is 0 Å². The summed E-state index contributed by atoms with van der Waals surface area (Å²) < 4.78 is 11.0. The quantitative estimate of drug-likeness (QED) is 0.292. The van der Waals surface area contributed by atoms with Crippen LogP contribution >= 0.6 is 0 Å². The molecule has 0 aromatic rings. The van der Waals surface area contributed by atoms with Gasteiger partial charge in [-0.05, 0) is 19.3 Å². The van der Waals surface area contributed by atoms with Crippen LogP contribution in [0.1, 0.15) is 70.6 Å². The molecule has 4 atom stereocenters. The number of unbranched alkanes of at least 4 members (excludes halogenated alkanes) is 10. The zero-order valence-electron chi connectivity index (χ0n) is 15.7. The van der Waals surface area contributed by atoms with E-state index in [9.17, 15) is 10.2 Å². The van der Waals surface area contributed by atoms with Crippen molar-refractivity contribution in [3.63, 3.8) is 0 Å². The molecule has 25 heavy (non-hydrogen) atoms. The number of aliphatic hydroxyl groups excluding tert-OH is 3. The molecule has 0 spiro atoms. The van der Waals surface area contributed by atoms with Gasteiger partial charge in [-0.1, -0.05) is 57.4 Å². The van der Waals surface area contributed by atoms with Gasteiger partial charge in [0.1, 0.15) is 24.4 Å². The Kier molecular flexibility index (Phi) is 13.3. The Hall–Kier alpha value is -0.460. The zero-order valence-corrected chi connectivity index (χ0v) is 15.7. The molecule has 1 aliphatic rings. The van der Waals surface area contributed by atoms with Crippen molar-refractivity contribution >= 4 is 0 Å². The topological polar surface area (TPSA) is 79.2 Å². The minimum atomic E-state index is -1.00. The fourth-order valence-electron chi connectivity index (χ4n) is 3.28. The average Bonchev–Trinajstić information content (AvgIpc) is 2.99. The third-order valence-corrected chi connectivity index (χ3v) is 4.84. The van der Waals surface area contributed by atoms with Crippen molar-refractivity contribution in [3.8, 4) is 0 Å². The summed E-state index contributed by atoms with van der Waals surface area (Å²) in [6.07, 6.45) is 12.7. The predicted molar refractivity (Wildman–Crippen MR) is 99.6 cm³/mol. The number of aliphatic hydroxyl groups is 3. The van der Waals surface area contributed by atoms with E-state index in [1.54, 1.807) is 0 Å². The molecule has 0 aliphatic carbocycles. The van der Waals surface area contributed by atoms with E-state index in [-0.39, 0.29) is 13.2 Å². The molecule has 5 nitrogen and oxygen atoms in total. The van der Waals surface area contributed by atoms with E-state index in [2.05, 4.69) is 6.58 Å². The van der Waals surface area contributed by atoms with Gasteiger partial charge in [-0.15, -0.1) is 6.58 Å². The highest BCUT2D eigenvalue weighted by molar-refractivity contribution is 4.89. The first-order valence-electron chi connectivity index (χ1n) is 10.0. The predicted octanol–water partition coefficient (Wildman–Crippen LogP) is 2.96. The molecule has 0 unspecified atom stereocenters. The molecule has 1 fully saturated rings. The fourth-order valence-corrected chi connectivity index (χ4v) is 3.28. The van der Waals surface area contributed by atoms with Gasteiger partial charge in [-0.3, -0.25) is 0 Å². The molecule has 3 N–H and O–H groups in total. The summed E-state index contributed by atoms with van der Waals surface area (Å²) in [4.78, 5) is 0. The highest BCUT2D eigenvalue weighted by atomic mass is 16.6. The van der Waals surface area contributed by atoms with Gasteiger partial charge in [0, 0.05) is 6.61 Å². The van der Waals surface area contributed by atoms with E-state index in [1.165, 1.54) is 51.4 Å². The summed E-state index contributed by atoms with van der Waals surface area (Å²) >= 11 is 0. The number of rotatable bonds is 16. The first-order chi connectivity index (χ1) is 12.2. The van der Waals surface area contributed by atoms with Crippen LogP contribution in [0.3, 0.4) is 0 Å². The lowest BCUT2D eigenvalue weighted by Crippen LogP contribution is -2.42. The molecule has 1 rings (SSSR count). The maximum atomic E-state index is 9.85. The minimum absolute atomic E-state index is 0.153. The van der Waals surface area contributed by atoms with Crippen molar-refractivity contribution in [2.45, 2.75) is 95.0 Å². The second kappa shape index (κ2) is 14.7. The second-order valence-corrected chi connectivity index (χ2v) is 7.06. The minimum Gasteiger partial charge on any atom is -0.394 e. The van der Waals surface area contributed by atoms with E-state index in [4.69, 9.17) is 14.6 Å². The third kappa shape index (κ3) is 9.71. The highest BCUT2D eigenvalue weighted by Gasteiger charge is 2.40. The third-order valence-electron chi connectivity index (χ3n) is 4.84. The van der Waals surface area contributed by atoms with Crippen molar-refractivity contribution in [1.29, 1.82) is 0 Å². The summed E-state index contributed by atoms with van der Waals surface area (Å²) in [5.74, 6) is 0. The van der Waals surface area contributed by atoms with Gasteiger partial charge in [0.05, 0.1) is 13.2 Å². The molecule has 0 amide bonds. The molecule has 0 bridgehead atoms. The average molecular weight is 359 g/mol. The molecule has 148 valence electrons. The van der Waals surface area contributed by atoms with Gasteiger partial charge in [0.25, 0.3) is 0 Å². The lowest BCUT2D eigenvalue weighted by molar-refractivity contribution is -0.0938. The Bertz CT molecular complexity index is 323. The maximum absolute atomic E-state index is 9.85. The van der Waals surface area contributed by atoms with Crippen LogP contribution in [0.2, 0.25) is 0 Å². The van der Waals surface area contributed by atoms with Crippen molar-refractivity contribution < 1.29 is 24.8 Å². The van der Waals surface area contributed by atoms with Crippen molar-refractivity contribution in [3.05, 3.63) is 12.7 Å². The van der Waals surface area contributed by atoms with Gasteiger partial charge in [0.2, 0.25) is 0 Å². The van der Waals surface area contributed by atoms with E-state index >= 15 is 0 Å². The van der Waals surface area contributed by atoms with E-state index in [1.807, 2.05) is 6.08 Å². The summed E-state index contributed by atoms with van der Waals surface area (Å²) in [5.41, 5.74) is 0. The monoisotopic (exact) mass is 358 g/mol. The van der Waals surface area contributed by atoms with Crippen LogP contribution in [0.25, 0.3) is 0 Å². The largest absolute Gasteiger partial charge is 0.394 e. The smallest absolute Gasteiger partial charge is 0.114 e. The van der Waals surface area contributed by atoms with Crippen LogP contribution in [0.15, 0.2) is 12.7 Å². The Balaban J connectivity index is 1.92. The molecule has 1 aliphatic heterocycles. The van der Waals surface area contributed by atoms with Crippen LogP contribution in [-0.2, 0) is 9.47 Å². The maximum Gasteiger partial charge on any atom is 0.114 e. The molecule has 1 heterocycles. The molecular formula is C20H38O5. The van der Waals surface area contributed by atoms with Crippen LogP contribution in [-0.4, -0.2) is 59.6 Å². The van der Waals surface area contributed by atoms with Crippen molar-refractivity contribution in [2.75, 3.05) is 19.8 Å². The SMILES string of the molecule is C=CCCCCCCCCCCCCO[C@@H]1[C@H]([C@H](O)CO)OC[C@@H]1O. The zero-order chi connectivity index (χ0) is 18.3. The molecule has 5 heteroatoms. The molecule has 1 saturated heterocycles. The Morgan fingerprint density at radius 2 is 1.56 bits per heavy atom. The Morgan fingerprint density at radius 3 is 2.12 bits per heavy atom. The number of ether oxygens (including phenoxy) is 2.